The SMILES string of the molecule is CC1(Cc2ccc(-c3nnc(-c4ccc(C(C)(C)C)cc4)n3-c3ccccc3)cc2)C=CC=CC1. The molecular formula is C32H33N3. The quantitative estimate of drug-likeness (QED) is 0.303. The molecule has 0 spiro atoms. The Kier molecular flexibility index (Phi) is 6.02. The molecule has 0 amide bonds. The van der Waals surface area contributed by atoms with Gasteiger partial charge >= 0.3 is 0 Å². The van der Waals surface area contributed by atoms with E-state index >= 15 is 0 Å². The summed E-state index contributed by atoms with van der Waals surface area (Å²) in [4.78, 5) is 0. The van der Waals surface area contributed by atoms with Crippen molar-refractivity contribution in [2.24, 2.45) is 5.41 Å². The number of para-hydroxylation sites is 1. The summed E-state index contributed by atoms with van der Waals surface area (Å²) in [5.74, 6) is 1.70. The third-order valence-corrected chi connectivity index (χ3v) is 6.84. The lowest BCUT2D eigenvalue weighted by Gasteiger charge is -2.26. The predicted molar refractivity (Wildman–Crippen MR) is 146 cm³/mol. The number of hydrogen-bond acceptors (Lipinski definition) is 2. The van der Waals surface area contributed by atoms with Gasteiger partial charge in [0.15, 0.2) is 11.6 Å². The molecule has 3 nitrogen and oxygen atoms in total. The highest BCUT2D eigenvalue weighted by Gasteiger charge is 2.22. The summed E-state index contributed by atoms with van der Waals surface area (Å²) in [5, 5.41) is 9.32. The summed E-state index contributed by atoms with van der Waals surface area (Å²) in [6.07, 6.45) is 11.0. The van der Waals surface area contributed by atoms with E-state index in [1.54, 1.807) is 0 Å². The van der Waals surface area contributed by atoms with Gasteiger partial charge in [-0.05, 0) is 46.9 Å². The molecule has 1 unspecified atom stereocenters. The predicted octanol–water partition coefficient (Wildman–Crippen LogP) is 7.96. The summed E-state index contributed by atoms with van der Waals surface area (Å²) < 4.78 is 2.16. The van der Waals surface area contributed by atoms with E-state index in [9.17, 15) is 0 Å². The largest absolute Gasteiger partial charge is 0.275 e. The first-order chi connectivity index (χ1) is 16.8. The molecule has 1 atom stereocenters. The lowest BCUT2D eigenvalue weighted by molar-refractivity contribution is 0.427. The van der Waals surface area contributed by atoms with Crippen LogP contribution in [0.3, 0.4) is 0 Å². The molecule has 0 fully saturated rings. The lowest BCUT2D eigenvalue weighted by atomic mass is 9.78. The first kappa shape index (κ1) is 23.0. The van der Waals surface area contributed by atoms with Gasteiger partial charge in [0.05, 0.1) is 0 Å². The maximum Gasteiger partial charge on any atom is 0.168 e. The van der Waals surface area contributed by atoms with Crippen molar-refractivity contribution in [2.75, 3.05) is 0 Å². The molecule has 0 N–H and O–H groups in total. The molecule has 0 saturated carbocycles. The number of benzene rings is 3. The molecular weight excluding hydrogens is 426 g/mol. The van der Waals surface area contributed by atoms with Gasteiger partial charge in [-0.1, -0.05) is 119 Å². The molecule has 1 heterocycles. The minimum atomic E-state index is 0.110. The van der Waals surface area contributed by atoms with Gasteiger partial charge in [-0.25, -0.2) is 0 Å². The van der Waals surface area contributed by atoms with Gasteiger partial charge in [0.2, 0.25) is 0 Å². The Labute approximate surface area is 208 Å². The van der Waals surface area contributed by atoms with E-state index in [2.05, 4.69) is 140 Å². The Morgan fingerprint density at radius 1 is 0.771 bits per heavy atom. The molecule has 3 heteroatoms. The van der Waals surface area contributed by atoms with Crippen molar-refractivity contribution in [1.82, 2.24) is 14.8 Å². The van der Waals surface area contributed by atoms with Crippen LogP contribution in [0, 0.1) is 5.41 Å². The van der Waals surface area contributed by atoms with Crippen LogP contribution < -0.4 is 0 Å². The van der Waals surface area contributed by atoms with Crippen LogP contribution in [0.15, 0.2) is 103 Å². The minimum Gasteiger partial charge on any atom is -0.275 e. The molecule has 1 aromatic heterocycles. The molecule has 0 radical (unpaired) electrons. The Morgan fingerprint density at radius 2 is 1.37 bits per heavy atom. The summed E-state index contributed by atoms with van der Waals surface area (Å²) >= 11 is 0. The smallest absolute Gasteiger partial charge is 0.168 e. The fourth-order valence-electron chi connectivity index (χ4n) is 4.74. The number of allylic oxidation sites excluding steroid dienone is 4. The number of hydrogen-bond donors (Lipinski definition) is 0. The lowest BCUT2D eigenvalue weighted by Crippen LogP contribution is -2.17. The summed E-state index contributed by atoms with van der Waals surface area (Å²) in [7, 11) is 0. The van der Waals surface area contributed by atoms with Crippen LogP contribution in [-0.2, 0) is 11.8 Å². The fraction of sp³-hybridized carbons (Fsp3) is 0.250. The standard InChI is InChI=1S/C32H33N3/c1-31(2,3)27-19-17-26(18-20-27)30-34-33-29(35(30)28-11-7-5-8-12-28)25-15-13-24(14-16-25)23-32(4)21-9-6-10-22-32/h5-21H,22-23H2,1-4H3. The average Bonchev–Trinajstić information content (AvgIpc) is 3.30. The molecule has 5 rings (SSSR count). The van der Waals surface area contributed by atoms with Gasteiger partial charge in [-0.15, -0.1) is 10.2 Å². The molecule has 1 aliphatic carbocycles. The zero-order valence-corrected chi connectivity index (χ0v) is 21.1. The second kappa shape index (κ2) is 9.14. The van der Waals surface area contributed by atoms with E-state index in [4.69, 9.17) is 0 Å². The van der Waals surface area contributed by atoms with Crippen LogP contribution in [-0.4, -0.2) is 14.8 Å². The van der Waals surface area contributed by atoms with Crippen LogP contribution >= 0.6 is 0 Å². The summed E-state index contributed by atoms with van der Waals surface area (Å²) in [6, 6.07) is 27.9. The fourth-order valence-corrected chi connectivity index (χ4v) is 4.74. The second-order valence-electron chi connectivity index (χ2n) is 10.9. The van der Waals surface area contributed by atoms with Gasteiger partial charge in [-0.3, -0.25) is 4.57 Å². The van der Waals surface area contributed by atoms with Crippen molar-refractivity contribution < 1.29 is 0 Å². The van der Waals surface area contributed by atoms with Crippen molar-refractivity contribution >= 4 is 0 Å². The third-order valence-electron chi connectivity index (χ3n) is 6.84. The highest BCUT2D eigenvalue weighted by Crippen LogP contribution is 2.33. The van der Waals surface area contributed by atoms with Gasteiger partial charge in [0.1, 0.15) is 0 Å². The Morgan fingerprint density at radius 3 is 1.91 bits per heavy atom. The average molecular weight is 460 g/mol. The second-order valence-corrected chi connectivity index (χ2v) is 10.9. The molecule has 0 aliphatic heterocycles. The van der Waals surface area contributed by atoms with Gasteiger partial charge in [-0.2, -0.15) is 0 Å². The first-order valence-corrected chi connectivity index (χ1v) is 12.4. The monoisotopic (exact) mass is 459 g/mol. The Balaban J connectivity index is 1.52. The van der Waals surface area contributed by atoms with Crippen LogP contribution in [0.1, 0.15) is 45.2 Å². The zero-order chi connectivity index (χ0) is 24.5. The molecule has 176 valence electrons. The van der Waals surface area contributed by atoms with Gasteiger partial charge in [0, 0.05) is 16.8 Å². The Hall–Kier alpha value is -3.72. The zero-order valence-electron chi connectivity index (χ0n) is 21.1. The van der Waals surface area contributed by atoms with Crippen molar-refractivity contribution in [2.45, 2.75) is 46.0 Å². The van der Waals surface area contributed by atoms with Crippen molar-refractivity contribution in [3.8, 4) is 28.5 Å². The topological polar surface area (TPSA) is 30.7 Å². The summed E-state index contributed by atoms with van der Waals surface area (Å²) in [5.41, 5.74) is 6.10. The molecule has 0 bridgehead atoms. The highest BCUT2D eigenvalue weighted by atomic mass is 15.3. The molecule has 0 saturated heterocycles. The van der Waals surface area contributed by atoms with E-state index < -0.39 is 0 Å². The van der Waals surface area contributed by atoms with E-state index in [1.807, 2.05) is 6.07 Å². The van der Waals surface area contributed by atoms with E-state index in [-0.39, 0.29) is 10.8 Å². The maximum absolute atomic E-state index is 4.66. The Bertz CT molecular complexity index is 1350. The van der Waals surface area contributed by atoms with Crippen LogP contribution in [0.5, 0.6) is 0 Å². The van der Waals surface area contributed by atoms with E-state index in [0.717, 1.165) is 41.3 Å². The molecule has 4 aromatic rings. The summed E-state index contributed by atoms with van der Waals surface area (Å²) in [6.45, 7) is 9.03. The van der Waals surface area contributed by atoms with E-state index in [0.29, 0.717) is 0 Å². The van der Waals surface area contributed by atoms with Crippen molar-refractivity contribution in [3.05, 3.63) is 114 Å². The third kappa shape index (κ3) is 4.90. The molecule has 35 heavy (non-hydrogen) atoms. The minimum absolute atomic E-state index is 0.110. The van der Waals surface area contributed by atoms with Crippen molar-refractivity contribution in [1.29, 1.82) is 0 Å². The normalized spacial score (nSPS) is 17.6. The van der Waals surface area contributed by atoms with Crippen LogP contribution in [0.25, 0.3) is 28.5 Å². The van der Waals surface area contributed by atoms with Crippen LogP contribution in [0.2, 0.25) is 0 Å². The molecule has 3 aromatic carbocycles. The highest BCUT2D eigenvalue weighted by molar-refractivity contribution is 5.67. The van der Waals surface area contributed by atoms with Gasteiger partial charge in [0.25, 0.3) is 0 Å². The number of aromatic nitrogens is 3. The first-order valence-electron chi connectivity index (χ1n) is 12.4. The molecule has 1 aliphatic rings. The van der Waals surface area contributed by atoms with Crippen LogP contribution in [0.4, 0.5) is 0 Å². The van der Waals surface area contributed by atoms with E-state index in [1.165, 1.54) is 11.1 Å². The number of rotatable bonds is 5. The number of nitrogens with zero attached hydrogens (tertiary/aromatic N) is 3. The maximum atomic E-state index is 4.66. The van der Waals surface area contributed by atoms with Gasteiger partial charge < -0.3 is 0 Å². The van der Waals surface area contributed by atoms with Crippen molar-refractivity contribution in [3.63, 3.8) is 0 Å².